The molecule has 0 spiro atoms. The molecule has 2 aromatic heterocycles. The first-order valence-corrected chi connectivity index (χ1v) is 12.1. The SMILES string of the molecule is COc1cc(OCCCO)cc(C(Nc2ccc(C(=N)N)c(OC(C)=O)c2)c2nn(-c3ncccn3)c(=O)[nH]2)c1. The van der Waals surface area contributed by atoms with Crippen LogP contribution in [0.5, 0.6) is 17.2 Å². The molecule has 0 aliphatic heterocycles. The van der Waals surface area contributed by atoms with Gasteiger partial charge in [-0.05, 0) is 35.9 Å². The van der Waals surface area contributed by atoms with E-state index in [1.54, 1.807) is 30.3 Å². The highest BCUT2D eigenvalue weighted by Crippen LogP contribution is 2.33. The van der Waals surface area contributed by atoms with E-state index in [4.69, 9.17) is 30.5 Å². The number of methoxy groups -OCH3 is 1. The molecule has 1 unspecified atom stereocenters. The van der Waals surface area contributed by atoms with Gasteiger partial charge in [-0.1, -0.05) is 0 Å². The Kier molecular flexibility index (Phi) is 8.71. The minimum absolute atomic E-state index is 0.0256. The quantitative estimate of drug-likeness (QED) is 0.0564. The van der Waals surface area contributed by atoms with Gasteiger partial charge >= 0.3 is 11.7 Å². The van der Waals surface area contributed by atoms with Crippen molar-refractivity contribution in [2.45, 2.75) is 19.4 Å². The molecule has 2 heterocycles. The average molecular weight is 549 g/mol. The summed E-state index contributed by atoms with van der Waals surface area (Å²) in [6.45, 7) is 1.49. The Labute approximate surface area is 228 Å². The number of H-pyrrole nitrogens is 1. The lowest BCUT2D eigenvalue weighted by atomic mass is 10.0. The maximum Gasteiger partial charge on any atom is 0.350 e. The summed E-state index contributed by atoms with van der Waals surface area (Å²) in [5, 5.41) is 24.7. The number of aliphatic hydroxyl groups is 1. The highest BCUT2D eigenvalue weighted by atomic mass is 16.5. The maximum atomic E-state index is 12.9. The van der Waals surface area contributed by atoms with Gasteiger partial charge in [0, 0.05) is 50.2 Å². The Hall–Kier alpha value is -5.24. The summed E-state index contributed by atoms with van der Waals surface area (Å²) >= 11 is 0. The van der Waals surface area contributed by atoms with Crippen molar-refractivity contribution in [3.05, 3.63) is 82.3 Å². The number of anilines is 1. The van der Waals surface area contributed by atoms with Crippen LogP contribution in [0.1, 0.15) is 36.3 Å². The average Bonchev–Trinajstić information content (AvgIpc) is 3.32. The first-order valence-electron chi connectivity index (χ1n) is 12.1. The number of nitrogens with two attached hydrogens (primary N) is 1. The summed E-state index contributed by atoms with van der Waals surface area (Å²) < 4.78 is 17.6. The fourth-order valence-electron chi connectivity index (χ4n) is 3.77. The van der Waals surface area contributed by atoms with Gasteiger partial charge in [-0.15, -0.1) is 9.78 Å². The molecule has 14 nitrogen and oxygen atoms in total. The highest BCUT2D eigenvalue weighted by Gasteiger charge is 2.23. The van der Waals surface area contributed by atoms with Gasteiger partial charge in [0.1, 0.15) is 29.1 Å². The second kappa shape index (κ2) is 12.5. The molecule has 4 aromatic rings. The number of rotatable bonds is 12. The molecule has 0 saturated heterocycles. The molecule has 2 aromatic carbocycles. The monoisotopic (exact) mass is 548 g/mol. The molecule has 4 rings (SSSR count). The number of hydrogen-bond acceptors (Lipinski definition) is 11. The number of carbonyl (C=O) groups is 1. The van der Waals surface area contributed by atoms with Gasteiger partial charge < -0.3 is 30.4 Å². The van der Waals surface area contributed by atoms with Crippen molar-refractivity contribution >= 4 is 17.5 Å². The number of ether oxygens (including phenoxy) is 3. The fraction of sp³-hybridized carbons (Fsp3) is 0.231. The third kappa shape index (κ3) is 6.60. The van der Waals surface area contributed by atoms with Crippen molar-refractivity contribution < 1.29 is 24.1 Å². The van der Waals surface area contributed by atoms with Crippen LogP contribution in [0.3, 0.4) is 0 Å². The molecule has 0 radical (unpaired) electrons. The summed E-state index contributed by atoms with van der Waals surface area (Å²) in [5.41, 5.74) is 6.38. The second-order valence-corrected chi connectivity index (χ2v) is 8.44. The number of nitrogens with zero attached hydrogens (tertiary/aromatic N) is 4. The molecule has 14 heteroatoms. The number of aromatic amines is 1. The molecule has 6 N–H and O–H groups in total. The van der Waals surface area contributed by atoms with Gasteiger partial charge in [0.05, 0.1) is 19.3 Å². The lowest BCUT2D eigenvalue weighted by molar-refractivity contribution is -0.131. The summed E-state index contributed by atoms with van der Waals surface area (Å²) in [6.07, 6.45) is 3.42. The van der Waals surface area contributed by atoms with Gasteiger partial charge in [-0.25, -0.2) is 14.8 Å². The van der Waals surface area contributed by atoms with E-state index in [1.165, 1.54) is 38.6 Å². The van der Waals surface area contributed by atoms with E-state index in [9.17, 15) is 9.59 Å². The Morgan fingerprint density at radius 1 is 1.20 bits per heavy atom. The zero-order valence-electron chi connectivity index (χ0n) is 21.7. The minimum atomic E-state index is -0.790. The Bertz CT molecular complexity index is 1550. The first-order chi connectivity index (χ1) is 19.3. The van der Waals surface area contributed by atoms with Gasteiger partial charge in [0.25, 0.3) is 5.95 Å². The number of aromatic nitrogens is 5. The summed E-state index contributed by atoms with van der Waals surface area (Å²) in [4.78, 5) is 35.5. The van der Waals surface area contributed by atoms with Crippen LogP contribution in [0.4, 0.5) is 5.69 Å². The third-order valence-corrected chi connectivity index (χ3v) is 5.53. The Morgan fingerprint density at radius 3 is 2.62 bits per heavy atom. The summed E-state index contributed by atoms with van der Waals surface area (Å²) in [7, 11) is 1.51. The predicted molar refractivity (Wildman–Crippen MR) is 144 cm³/mol. The molecule has 0 amide bonds. The predicted octanol–water partition coefficient (Wildman–Crippen LogP) is 1.53. The van der Waals surface area contributed by atoms with E-state index >= 15 is 0 Å². The number of esters is 1. The largest absolute Gasteiger partial charge is 0.497 e. The number of carbonyl (C=O) groups excluding carboxylic acids is 1. The van der Waals surface area contributed by atoms with E-state index in [1.807, 2.05) is 0 Å². The minimum Gasteiger partial charge on any atom is -0.497 e. The fourth-order valence-corrected chi connectivity index (χ4v) is 3.77. The van der Waals surface area contributed by atoms with Crippen LogP contribution in [-0.4, -0.2) is 62.0 Å². The molecule has 0 aliphatic rings. The molecule has 0 aliphatic carbocycles. The Morgan fingerprint density at radius 2 is 1.95 bits per heavy atom. The standard InChI is InChI=1S/C26H28N8O6/c1-15(36)40-21-13-17(5-6-20(21)23(27)28)31-22(16-11-18(38-2)14-19(12-16)39-10-4-9-35)24-32-26(37)34(33-24)25-29-7-3-8-30-25/h3,5-8,11-14,22,31,35H,4,9-10H2,1-2H3,(H3,27,28)(H,32,33,37). The van der Waals surface area contributed by atoms with Gasteiger partial charge in [-0.2, -0.15) is 0 Å². The van der Waals surface area contributed by atoms with Crippen molar-refractivity contribution in [2.75, 3.05) is 25.6 Å². The molecular formula is C26H28N8O6. The van der Waals surface area contributed by atoms with Crippen molar-refractivity contribution in [3.63, 3.8) is 0 Å². The Balaban J connectivity index is 1.82. The number of hydrogen-bond donors (Lipinski definition) is 5. The van der Waals surface area contributed by atoms with Crippen LogP contribution < -0.4 is 31.0 Å². The number of amidine groups is 1. The molecule has 0 fully saturated rings. The molecule has 208 valence electrons. The van der Waals surface area contributed by atoms with Crippen LogP contribution in [0, 0.1) is 5.41 Å². The topological polar surface area (TPSA) is 203 Å². The normalized spacial score (nSPS) is 11.5. The van der Waals surface area contributed by atoms with Crippen LogP contribution in [0.25, 0.3) is 5.95 Å². The summed E-state index contributed by atoms with van der Waals surface area (Å²) in [5.74, 6) is 0.452. The number of aliphatic hydroxyl groups excluding tert-OH is 1. The summed E-state index contributed by atoms with van der Waals surface area (Å²) in [6, 6.07) is 10.7. The van der Waals surface area contributed by atoms with Crippen molar-refractivity contribution in [2.24, 2.45) is 5.73 Å². The number of nitrogen functional groups attached to an aromatic ring is 1. The van der Waals surface area contributed by atoms with Crippen molar-refractivity contribution in [3.8, 4) is 23.2 Å². The molecular weight excluding hydrogens is 520 g/mol. The van der Waals surface area contributed by atoms with E-state index < -0.39 is 17.7 Å². The van der Waals surface area contributed by atoms with Crippen LogP contribution in [0.15, 0.2) is 59.7 Å². The molecule has 1 atom stereocenters. The molecule has 0 saturated carbocycles. The third-order valence-electron chi connectivity index (χ3n) is 5.53. The number of nitrogens with one attached hydrogen (secondary N) is 3. The smallest absolute Gasteiger partial charge is 0.350 e. The zero-order chi connectivity index (χ0) is 28.6. The first kappa shape index (κ1) is 27.8. The second-order valence-electron chi connectivity index (χ2n) is 8.44. The van der Waals surface area contributed by atoms with E-state index in [0.29, 0.717) is 29.2 Å². The molecule has 0 bridgehead atoms. The molecule has 40 heavy (non-hydrogen) atoms. The van der Waals surface area contributed by atoms with Crippen molar-refractivity contribution in [1.29, 1.82) is 5.41 Å². The van der Waals surface area contributed by atoms with Crippen LogP contribution in [0.2, 0.25) is 0 Å². The van der Waals surface area contributed by atoms with Gasteiger partial charge in [0.15, 0.2) is 5.82 Å². The van der Waals surface area contributed by atoms with Crippen LogP contribution >= 0.6 is 0 Å². The van der Waals surface area contributed by atoms with E-state index in [-0.39, 0.29) is 42.1 Å². The van der Waals surface area contributed by atoms with E-state index in [0.717, 1.165) is 4.68 Å². The maximum absolute atomic E-state index is 12.9. The van der Waals surface area contributed by atoms with Crippen molar-refractivity contribution in [1.82, 2.24) is 24.7 Å². The van der Waals surface area contributed by atoms with E-state index in [2.05, 4.69) is 25.4 Å². The highest BCUT2D eigenvalue weighted by molar-refractivity contribution is 5.98. The van der Waals surface area contributed by atoms with Gasteiger partial charge in [0.2, 0.25) is 0 Å². The lowest BCUT2D eigenvalue weighted by Gasteiger charge is -2.21. The van der Waals surface area contributed by atoms with Gasteiger partial charge in [-0.3, -0.25) is 15.2 Å². The lowest BCUT2D eigenvalue weighted by Crippen LogP contribution is -2.18. The van der Waals surface area contributed by atoms with Crippen LogP contribution in [-0.2, 0) is 4.79 Å². The zero-order valence-corrected chi connectivity index (χ0v) is 21.7. The number of benzene rings is 2.